The van der Waals surface area contributed by atoms with Crippen LogP contribution in [0.4, 0.5) is 5.69 Å². The van der Waals surface area contributed by atoms with Crippen LogP contribution in [0.15, 0.2) is 42.5 Å². The Morgan fingerprint density at radius 3 is 2.36 bits per heavy atom. The van der Waals surface area contributed by atoms with E-state index in [-0.39, 0.29) is 11.6 Å². The van der Waals surface area contributed by atoms with Crippen LogP contribution in [-0.4, -0.2) is 22.8 Å². The topological polar surface area (TPSA) is 63.5 Å². The molecule has 2 aromatic carbocycles. The zero-order valence-electron chi connectivity index (χ0n) is 11.6. The van der Waals surface area contributed by atoms with Crippen LogP contribution in [0.5, 0.6) is 0 Å². The van der Waals surface area contributed by atoms with Crippen molar-refractivity contribution in [2.45, 2.75) is 6.54 Å². The molecule has 0 aromatic heterocycles. The number of nitro groups is 1. The van der Waals surface area contributed by atoms with Gasteiger partial charge in [0.2, 0.25) is 0 Å². The minimum atomic E-state index is -0.508. The van der Waals surface area contributed by atoms with Gasteiger partial charge in [-0.25, -0.2) is 0 Å². The summed E-state index contributed by atoms with van der Waals surface area (Å²) in [5, 5.41) is 11.6. The number of non-ortho nitro benzene ring substituents is 1. The predicted molar refractivity (Wildman–Crippen MR) is 85.4 cm³/mol. The van der Waals surface area contributed by atoms with Gasteiger partial charge in [0.25, 0.3) is 11.6 Å². The van der Waals surface area contributed by atoms with E-state index >= 15 is 0 Å². The second kappa shape index (κ2) is 6.77. The Morgan fingerprint density at radius 2 is 1.82 bits per heavy atom. The van der Waals surface area contributed by atoms with Gasteiger partial charge < -0.3 is 4.90 Å². The Balaban J connectivity index is 2.13. The Labute approximate surface area is 137 Å². The van der Waals surface area contributed by atoms with E-state index in [0.717, 1.165) is 5.56 Å². The summed E-state index contributed by atoms with van der Waals surface area (Å²) in [5.41, 5.74) is 1.09. The highest BCUT2D eigenvalue weighted by Gasteiger charge is 2.15. The SMILES string of the molecule is CN(Cc1ccc(Cl)cc1Cl)C(=O)c1ccc([N+](=O)[O-])cc1. The van der Waals surface area contributed by atoms with Crippen LogP contribution in [0.2, 0.25) is 10.0 Å². The zero-order chi connectivity index (χ0) is 16.3. The van der Waals surface area contributed by atoms with Gasteiger partial charge in [-0.1, -0.05) is 29.3 Å². The summed E-state index contributed by atoms with van der Waals surface area (Å²) in [5.74, 6) is -0.249. The maximum atomic E-state index is 12.3. The molecule has 1 amide bonds. The van der Waals surface area contributed by atoms with Gasteiger partial charge in [0.05, 0.1) is 4.92 Å². The van der Waals surface area contributed by atoms with Gasteiger partial charge >= 0.3 is 0 Å². The zero-order valence-corrected chi connectivity index (χ0v) is 13.1. The highest BCUT2D eigenvalue weighted by Crippen LogP contribution is 2.22. The molecule has 0 unspecified atom stereocenters. The van der Waals surface area contributed by atoms with Crippen LogP contribution in [0.25, 0.3) is 0 Å². The lowest BCUT2D eigenvalue weighted by molar-refractivity contribution is -0.384. The van der Waals surface area contributed by atoms with Gasteiger partial charge in [0.15, 0.2) is 0 Å². The quantitative estimate of drug-likeness (QED) is 0.620. The normalized spacial score (nSPS) is 10.3. The molecule has 114 valence electrons. The van der Waals surface area contributed by atoms with Crippen molar-refractivity contribution in [3.05, 3.63) is 73.8 Å². The number of hydrogen-bond acceptors (Lipinski definition) is 3. The minimum Gasteiger partial charge on any atom is -0.337 e. The number of amides is 1. The smallest absolute Gasteiger partial charge is 0.269 e. The molecule has 0 saturated heterocycles. The average molecular weight is 339 g/mol. The third-order valence-electron chi connectivity index (χ3n) is 3.09. The average Bonchev–Trinajstić information content (AvgIpc) is 2.49. The van der Waals surface area contributed by atoms with Crippen LogP contribution in [0.3, 0.4) is 0 Å². The van der Waals surface area contributed by atoms with Crippen molar-refractivity contribution in [3.8, 4) is 0 Å². The summed E-state index contributed by atoms with van der Waals surface area (Å²) in [7, 11) is 1.63. The molecule has 0 aliphatic carbocycles. The molecule has 0 saturated carbocycles. The molecule has 0 fully saturated rings. The maximum absolute atomic E-state index is 12.3. The van der Waals surface area contributed by atoms with E-state index in [1.165, 1.54) is 29.2 Å². The van der Waals surface area contributed by atoms with Gasteiger partial charge in [0.1, 0.15) is 0 Å². The van der Waals surface area contributed by atoms with Gasteiger partial charge in [-0.15, -0.1) is 0 Å². The number of nitro benzene ring substituents is 1. The first-order valence-electron chi connectivity index (χ1n) is 6.32. The van der Waals surface area contributed by atoms with Gasteiger partial charge in [-0.3, -0.25) is 14.9 Å². The molecule has 5 nitrogen and oxygen atoms in total. The van der Waals surface area contributed by atoms with Gasteiger partial charge in [-0.2, -0.15) is 0 Å². The van der Waals surface area contributed by atoms with E-state index in [1.54, 1.807) is 25.2 Å². The van der Waals surface area contributed by atoms with Crippen LogP contribution < -0.4 is 0 Å². The Morgan fingerprint density at radius 1 is 1.18 bits per heavy atom. The van der Waals surface area contributed by atoms with Crippen molar-refractivity contribution >= 4 is 34.8 Å². The fraction of sp³-hybridized carbons (Fsp3) is 0.133. The first-order valence-corrected chi connectivity index (χ1v) is 7.08. The number of benzene rings is 2. The fourth-order valence-corrected chi connectivity index (χ4v) is 2.39. The molecule has 0 aliphatic rings. The summed E-state index contributed by atoms with van der Waals surface area (Å²) in [6.07, 6.45) is 0. The predicted octanol–water partition coefficient (Wildman–Crippen LogP) is 4.17. The summed E-state index contributed by atoms with van der Waals surface area (Å²) < 4.78 is 0. The third kappa shape index (κ3) is 3.75. The molecule has 0 aliphatic heterocycles. The number of rotatable bonds is 4. The summed E-state index contributed by atoms with van der Waals surface area (Å²) in [4.78, 5) is 23.9. The lowest BCUT2D eigenvalue weighted by atomic mass is 10.1. The highest BCUT2D eigenvalue weighted by atomic mass is 35.5. The second-order valence-corrected chi connectivity index (χ2v) is 5.54. The van der Waals surface area contributed by atoms with E-state index in [4.69, 9.17) is 23.2 Å². The lowest BCUT2D eigenvalue weighted by Crippen LogP contribution is -2.26. The number of halogens is 2. The number of hydrogen-bond donors (Lipinski definition) is 0. The van der Waals surface area contributed by atoms with Crippen molar-refractivity contribution in [2.24, 2.45) is 0 Å². The molecule has 2 aromatic rings. The van der Waals surface area contributed by atoms with Crippen molar-refractivity contribution in [3.63, 3.8) is 0 Å². The number of carbonyl (C=O) groups excluding carboxylic acids is 1. The van der Waals surface area contributed by atoms with E-state index in [1.807, 2.05) is 0 Å². The molecule has 0 radical (unpaired) electrons. The Bertz CT molecular complexity index is 717. The van der Waals surface area contributed by atoms with Gasteiger partial charge in [-0.05, 0) is 29.8 Å². The Kier molecular flexibility index (Phi) is 5.00. The second-order valence-electron chi connectivity index (χ2n) is 4.70. The largest absolute Gasteiger partial charge is 0.337 e. The molecule has 22 heavy (non-hydrogen) atoms. The molecule has 2 rings (SSSR count). The highest BCUT2D eigenvalue weighted by molar-refractivity contribution is 6.35. The van der Waals surface area contributed by atoms with E-state index in [0.29, 0.717) is 22.2 Å². The number of carbonyl (C=O) groups is 1. The fourth-order valence-electron chi connectivity index (χ4n) is 1.92. The van der Waals surface area contributed by atoms with Gasteiger partial charge in [0, 0.05) is 41.3 Å². The summed E-state index contributed by atoms with van der Waals surface area (Å²) in [6.45, 7) is 0.311. The molecule has 0 spiro atoms. The Hall–Kier alpha value is -2.11. The van der Waals surface area contributed by atoms with Crippen LogP contribution >= 0.6 is 23.2 Å². The van der Waals surface area contributed by atoms with Crippen molar-refractivity contribution in [2.75, 3.05) is 7.05 Å². The molecular formula is C15H12Cl2N2O3. The van der Waals surface area contributed by atoms with Crippen molar-refractivity contribution < 1.29 is 9.72 Å². The van der Waals surface area contributed by atoms with Crippen LogP contribution in [0, 0.1) is 10.1 Å². The van der Waals surface area contributed by atoms with Crippen LogP contribution in [-0.2, 0) is 6.54 Å². The van der Waals surface area contributed by atoms with E-state index in [9.17, 15) is 14.9 Å². The lowest BCUT2D eigenvalue weighted by Gasteiger charge is -2.18. The third-order valence-corrected chi connectivity index (χ3v) is 3.68. The summed E-state index contributed by atoms with van der Waals surface area (Å²) in [6, 6.07) is 10.5. The number of nitrogens with zero attached hydrogens (tertiary/aromatic N) is 2. The minimum absolute atomic E-state index is 0.0556. The molecule has 0 atom stereocenters. The van der Waals surface area contributed by atoms with E-state index < -0.39 is 4.92 Å². The first kappa shape index (κ1) is 16.3. The van der Waals surface area contributed by atoms with Crippen LogP contribution in [0.1, 0.15) is 15.9 Å². The first-order chi connectivity index (χ1) is 10.4. The molecule has 0 bridgehead atoms. The molecular weight excluding hydrogens is 327 g/mol. The monoisotopic (exact) mass is 338 g/mol. The molecule has 0 N–H and O–H groups in total. The van der Waals surface area contributed by atoms with E-state index in [2.05, 4.69) is 0 Å². The molecule has 7 heteroatoms. The maximum Gasteiger partial charge on any atom is 0.269 e. The molecule has 0 heterocycles. The van der Waals surface area contributed by atoms with Crippen molar-refractivity contribution in [1.29, 1.82) is 0 Å². The standard InChI is InChI=1S/C15H12Cl2N2O3/c1-18(9-11-2-5-12(16)8-14(11)17)15(20)10-3-6-13(7-4-10)19(21)22/h2-8H,9H2,1H3. The summed E-state index contributed by atoms with van der Waals surface area (Å²) >= 11 is 11.9. The van der Waals surface area contributed by atoms with Crippen molar-refractivity contribution in [1.82, 2.24) is 4.90 Å².